The molecule has 23 heavy (non-hydrogen) atoms. The fourth-order valence-electron chi connectivity index (χ4n) is 2.03. The average Bonchev–Trinajstić information content (AvgIpc) is 3.03. The molecular formula is C17H12BrFN2O2. The molecule has 0 atom stereocenters. The Labute approximate surface area is 140 Å². The Morgan fingerprint density at radius 1 is 1.22 bits per heavy atom. The van der Waals surface area contributed by atoms with Gasteiger partial charge in [0.1, 0.15) is 18.8 Å². The molecule has 1 aromatic heterocycles. The maximum atomic E-state index is 13.1. The molecule has 116 valence electrons. The normalized spacial score (nSPS) is 10.5. The highest BCUT2D eigenvalue weighted by Gasteiger charge is 2.12. The number of aromatic nitrogens is 2. The fourth-order valence-corrected chi connectivity index (χ4v) is 2.30. The van der Waals surface area contributed by atoms with Gasteiger partial charge in [0, 0.05) is 16.4 Å². The van der Waals surface area contributed by atoms with Gasteiger partial charge in [0.15, 0.2) is 5.69 Å². The highest BCUT2D eigenvalue weighted by molar-refractivity contribution is 9.10. The molecule has 0 aliphatic rings. The third kappa shape index (κ3) is 3.84. The molecular weight excluding hydrogens is 363 g/mol. The first-order chi connectivity index (χ1) is 11.1. The number of rotatable bonds is 4. The second-order valence-electron chi connectivity index (χ2n) is 4.85. The molecule has 0 saturated heterocycles. The molecule has 0 N–H and O–H groups in total. The van der Waals surface area contributed by atoms with E-state index in [9.17, 15) is 9.18 Å². The molecule has 0 bridgehead atoms. The molecule has 0 aliphatic heterocycles. The smallest absolute Gasteiger partial charge is 0.358 e. The number of imidazole rings is 1. The molecule has 2 aromatic carbocycles. The van der Waals surface area contributed by atoms with Crippen LogP contribution in [-0.2, 0) is 11.3 Å². The number of hydrogen-bond acceptors (Lipinski definition) is 3. The molecule has 4 nitrogen and oxygen atoms in total. The van der Waals surface area contributed by atoms with E-state index in [0.717, 1.165) is 10.2 Å². The van der Waals surface area contributed by atoms with Crippen molar-refractivity contribution in [1.29, 1.82) is 0 Å². The Bertz CT molecular complexity index is 831. The van der Waals surface area contributed by atoms with Gasteiger partial charge in [0.2, 0.25) is 0 Å². The van der Waals surface area contributed by atoms with Gasteiger partial charge in [-0.15, -0.1) is 0 Å². The summed E-state index contributed by atoms with van der Waals surface area (Å²) in [4.78, 5) is 16.0. The molecule has 0 radical (unpaired) electrons. The molecule has 0 saturated carbocycles. The second-order valence-corrected chi connectivity index (χ2v) is 5.76. The SMILES string of the molecule is O=C(OCc1cccc(F)c1)c1cn(-c2ccc(Br)cc2)cn1. The molecule has 3 aromatic rings. The Hall–Kier alpha value is -2.47. The van der Waals surface area contributed by atoms with Gasteiger partial charge in [-0.2, -0.15) is 0 Å². The summed E-state index contributed by atoms with van der Waals surface area (Å²) in [6, 6.07) is 13.5. The van der Waals surface area contributed by atoms with Crippen molar-refractivity contribution in [3.63, 3.8) is 0 Å². The minimum Gasteiger partial charge on any atom is -0.456 e. The van der Waals surface area contributed by atoms with E-state index in [2.05, 4.69) is 20.9 Å². The zero-order valence-corrected chi connectivity index (χ0v) is 13.5. The number of carbonyl (C=O) groups excluding carboxylic acids is 1. The molecule has 0 spiro atoms. The number of hydrogen-bond donors (Lipinski definition) is 0. The Kier molecular flexibility index (Phi) is 4.52. The third-order valence-electron chi connectivity index (χ3n) is 3.18. The first-order valence-corrected chi connectivity index (χ1v) is 7.62. The van der Waals surface area contributed by atoms with Crippen molar-refractivity contribution >= 4 is 21.9 Å². The van der Waals surface area contributed by atoms with E-state index >= 15 is 0 Å². The van der Waals surface area contributed by atoms with Crippen molar-refractivity contribution in [2.24, 2.45) is 0 Å². The van der Waals surface area contributed by atoms with E-state index in [0.29, 0.717) is 5.56 Å². The fraction of sp³-hybridized carbons (Fsp3) is 0.0588. The minimum atomic E-state index is -0.551. The summed E-state index contributed by atoms with van der Waals surface area (Å²) in [6.07, 6.45) is 3.14. The van der Waals surface area contributed by atoms with Crippen molar-refractivity contribution in [2.75, 3.05) is 0 Å². The van der Waals surface area contributed by atoms with Crippen LogP contribution in [-0.4, -0.2) is 15.5 Å². The van der Waals surface area contributed by atoms with Crippen LogP contribution < -0.4 is 0 Å². The van der Waals surface area contributed by atoms with E-state index in [1.54, 1.807) is 29.2 Å². The first-order valence-electron chi connectivity index (χ1n) is 6.83. The van der Waals surface area contributed by atoms with E-state index in [1.165, 1.54) is 12.1 Å². The Morgan fingerprint density at radius 2 is 2.00 bits per heavy atom. The number of halogens is 2. The summed E-state index contributed by atoms with van der Waals surface area (Å²) in [6.45, 7) is 0.00172. The van der Waals surface area contributed by atoms with E-state index < -0.39 is 5.97 Å². The molecule has 6 heteroatoms. The first kappa shape index (κ1) is 15.4. The summed E-state index contributed by atoms with van der Waals surface area (Å²) in [5.41, 5.74) is 1.67. The molecule has 3 rings (SSSR count). The summed E-state index contributed by atoms with van der Waals surface area (Å²) in [5, 5.41) is 0. The lowest BCUT2D eigenvalue weighted by atomic mass is 10.2. The zero-order chi connectivity index (χ0) is 16.2. The zero-order valence-electron chi connectivity index (χ0n) is 11.9. The Morgan fingerprint density at radius 3 is 2.74 bits per heavy atom. The quantitative estimate of drug-likeness (QED) is 0.644. The van der Waals surface area contributed by atoms with Crippen molar-refractivity contribution in [3.8, 4) is 5.69 Å². The predicted molar refractivity (Wildman–Crippen MR) is 86.8 cm³/mol. The van der Waals surface area contributed by atoms with Crippen LogP contribution in [0.3, 0.4) is 0 Å². The van der Waals surface area contributed by atoms with Crippen molar-refractivity contribution in [1.82, 2.24) is 9.55 Å². The lowest BCUT2D eigenvalue weighted by Crippen LogP contribution is -2.05. The lowest BCUT2D eigenvalue weighted by Gasteiger charge is -2.03. The van der Waals surface area contributed by atoms with Gasteiger partial charge in [0.25, 0.3) is 0 Å². The maximum absolute atomic E-state index is 13.1. The predicted octanol–water partition coefficient (Wildman–Crippen LogP) is 4.13. The Balaban J connectivity index is 1.67. The minimum absolute atomic E-state index is 0.00172. The second kappa shape index (κ2) is 6.75. The monoisotopic (exact) mass is 374 g/mol. The summed E-state index contributed by atoms with van der Waals surface area (Å²) in [5.74, 6) is -0.914. The van der Waals surface area contributed by atoms with Gasteiger partial charge in [-0.1, -0.05) is 28.1 Å². The number of benzene rings is 2. The van der Waals surface area contributed by atoms with Gasteiger partial charge in [-0.25, -0.2) is 14.2 Å². The van der Waals surface area contributed by atoms with Crippen molar-refractivity contribution < 1.29 is 13.9 Å². The maximum Gasteiger partial charge on any atom is 0.358 e. The van der Waals surface area contributed by atoms with Crippen LogP contribution in [0.4, 0.5) is 4.39 Å². The van der Waals surface area contributed by atoms with E-state index in [1.807, 2.05) is 24.3 Å². The van der Waals surface area contributed by atoms with Crippen LogP contribution in [0.2, 0.25) is 0 Å². The summed E-state index contributed by atoms with van der Waals surface area (Å²) < 4.78 is 20.9. The number of nitrogens with zero attached hydrogens (tertiary/aromatic N) is 2. The standard InChI is InChI=1S/C17H12BrFN2O2/c18-13-4-6-15(7-5-13)21-9-16(20-11-21)17(22)23-10-12-2-1-3-14(19)8-12/h1-9,11H,10H2. The van der Waals surface area contributed by atoms with Crippen LogP contribution >= 0.6 is 15.9 Å². The number of ether oxygens (including phenoxy) is 1. The van der Waals surface area contributed by atoms with Crippen LogP contribution in [0.5, 0.6) is 0 Å². The van der Waals surface area contributed by atoms with Gasteiger partial charge >= 0.3 is 5.97 Å². The highest BCUT2D eigenvalue weighted by Crippen LogP contribution is 2.15. The van der Waals surface area contributed by atoms with E-state index in [4.69, 9.17) is 4.74 Å². The molecule has 0 unspecified atom stereocenters. The summed E-state index contributed by atoms with van der Waals surface area (Å²) in [7, 11) is 0. The van der Waals surface area contributed by atoms with Crippen molar-refractivity contribution in [3.05, 3.63) is 82.6 Å². The van der Waals surface area contributed by atoms with Gasteiger partial charge in [0.05, 0.1) is 0 Å². The largest absolute Gasteiger partial charge is 0.456 e. The van der Waals surface area contributed by atoms with Crippen molar-refractivity contribution in [2.45, 2.75) is 6.61 Å². The van der Waals surface area contributed by atoms with Crippen LogP contribution in [0.25, 0.3) is 5.69 Å². The average molecular weight is 375 g/mol. The topological polar surface area (TPSA) is 44.1 Å². The molecule has 0 amide bonds. The van der Waals surface area contributed by atoms with Crippen LogP contribution in [0.15, 0.2) is 65.5 Å². The van der Waals surface area contributed by atoms with Gasteiger partial charge < -0.3 is 9.30 Å². The third-order valence-corrected chi connectivity index (χ3v) is 3.70. The van der Waals surface area contributed by atoms with E-state index in [-0.39, 0.29) is 18.1 Å². The van der Waals surface area contributed by atoms with Crippen LogP contribution in [0.1, 0.15) is 16.1 Å². The lowest BCUT2D eigenvalue weighted by molar-refractivity contribution is 0.0466. The summed E-state index contributed by atoms with van der Waals surface area (Å²) >= 11 is 3.37. The number of esters is 1. The highest BCUT2D eigenvalue weighted by atomic mass is 79.9. The molecule has 0 aliphatic carbocycles. The van der Waals surface area contributed by atoms with Gasteiger partial charge in [-0.3, -0.25) is 0 Å². The molecule has 0 fully saturated rings. The van der Waals surface area contributed by atoms with Crippen LogP contribution in [0, 0.1) is 5.82 Å². The molecule has 1 heterocycles. The number of carbonyl (C=O) groups is 1. The van der Waals surface area contributed by atoms with Gasteiger partial charge in [-0.05, 0) is 42.0 Å².